The van der Waals surface area contributed by atoms with Gasteiger partial charge in [0.05, 0.1) is 16.8 Å². The molecule has 0 aliphatic carbocycles. The fraction of sp³-hybridized carbons (Fsp3) is 0.250. The zero-order valence-corrected chi connectivity index (χ0v) is 15.1. The van der Waals surface area contributed by atoms with E-state index in [0.29, 0.717) is 35.6 Å². The largest absolute Gasteiger partial charge is 0.325 e. The molecule has 6 nitrogen and oxygen atoms in total. The van der Waals surface area contributed by atoms with E-state index in [2.05, 4.69) is 5.32 Å². The highest BCUT2D eigenvalue weighted by molar-refractivity contribution is 6.34. The van der Waals surface area contributed by atoms with Gasteiger partial charge in [0.15, 0.2) is 0 Å². The number of anilines is 2. The fourth-order valence-corrected chi connectivity index (χ4v) is 3.01. The first-order valence-corrected chi connectivity index (χ1v) is 8.62. The number of carbonyl (C=O) groups is 3. The number of nitrogens with one attached hydrogen (secondary N) is 1. The van der Waals surface area contributed by atoms with Crippen molar-refractivity contribution >= 4 is 29.2 Å². The van der Waals surface area contributed by atoms with E-state index < -0.39 is 0 Å². The van der Waals surface area contributed by atoms with Crippen molar-refractivity contribution in [3.8, 4) is 0 Å². The predicted octanol–water partition coefficient (Wildman–Crippen LogP) is 3.67. The molecule has 0 spiro atoms. The summed E-state index contributed by atoms with van der Waals surface area (Å²) in [5.41, 5.74) is 2.66. The number of benzene rings is 2. The quantitative estimate of drug-likeness (QED) is 0.855. The molecule has 4 amide bonds. The number of nitrogens with zero attached hydrogens (tertiary/aromatic N) is 2. The van der Waals surface area contributed by atoms with E-state index >= 15 is 0 Å². The van der Waals surface area contributed by atoms with Crippen LogP contribution < -0.4 is 10.2 Å². The second kappa shape index (κ2) is 7.00. The molecule has 26 heavy (non-hydrogen) atoms. The monoisotopic (exact) mass is 351 g/mol. The van der Waals surface area contributed by atoms with Crippen LogP contribution in [0.15, 0.2) is 42.5 Å². The standard InChI is InChI=1S/C20H21N3O3/c1-4-22(5-2)20(26)21-17-12-14(11-10-13(17)3)23-18(24)15-8-6-7-9-16(15)19(23)25/h6-12H,4-5H2,1-3H3,(H,21,26). The van der Waals surface area contributed by atoms with E-state index in [9.17, 15) is 14.4 Å². The van der Waals surface area contributed by atoms with Gasteiger partial charge < -0.3 is 10.2 Å². The number of imide groups is 1. The molecule has 3 rings (SSSR count). The van der Waals surface area contributed by atoms with Gasteiger partial charge in [-0.15, -0.1) is 0 Å². The second-order valence-electron chi connectivity index (χ2n) is 6.09. The molecule has 1 aliphatic rings. The molecular weight excluding hydrogens is 330 g/mol. The number of hydrogen-bond acceptors (Lipinski definition) is 3. The average Bonchev–Trinajstić information content (AvgIpc) is 2.89. The number of fused-ring (bicyclic) bond motifs is 1. The second-order valence-corrected chi connectivity index (χ2v) is 6.09. The lowest BCUT2D eigenvalue weighted by molar-refractivity contribution is 0.0926. The van der Waals surface area contributed by atoms with Crippen LogP contribution in [-0.2, 0) is 0 Å². The topological polar surface area (TPSA) is 69.7 Å². The van der Waals surface area contributed by atoms with Crippen LogP contribution in [0.4, 0.5) is 16.2 Å². The van der Waals surface area contributed by atoms with Crippen LogP contribution in [0.25, 0.3) is 0 Å². The summed E-state index contributed by atoms with van der Waals surface area (Å²) in [5, 5.41) is 2.86. The van der Waals surface area contributed by atoms with E-state index in [0.717, 1.165) is 10.5 Å². The van der Waals surface area contributed by atoms with Crippen molar-refractivity contribution in [1.82, 2.24) is 4.90 Å². The zero-order valence-electron chi connectivity index (χ0n) is 15.1. The van der Waals surface area contributed by atoms with Gasteiger partial charge in [-0.3, -0.25) is 9.59 Å². The highest BCUT2D eigenvalue weighted by Gasteiger charge is 2.36. The van der Waals surface area contributed by atoms with Crippen LogP contribution in [-0.4, -0.2) is 35.8 Å². The Balaban J connectivity index is 1.93. The fourth-order valence-electron chi connectivity index (χ4n) is 3.01. The van der Waals surface area contributed by atoms with E-state index in [-0.39, 0.29) is 17.8 Å². The summed E-state index contributed by atoms with van der Waals surface area (Å²) in [7, 11) is 0. The molecule has 0 fully saturated rings. The van der Waals surface area contributed by atoms with E-state index in [4.69, 9.17) is 0 Å². The molecule has 2 aromatic carbocycles. The number of carbonyl (C=O) groups excluding carboxylic acids is 3. The molecule has 0 saturated heterocycles. The molecule has 0 saturated carbocycles. The van der Waals surface area contributed by atoms with Crippen molar-refractivity contribution in [2.24, 2.45) is 0 Å². The van der Waals surface area contributed by atoms with Crippen LogP contribution in [0.1, 0.15) is 40.1 Å². The smallest absolute Gasteiger partial charge is 0.321 e. The summed E-state index contributed by atoms with van der Waals surface area (Å²) < 4.78 is 0. The third-order valence-corrected chi connectivity index (χ3v) is 4.57. The summed E-state index contributed by atoms with van der Waals surface area (Å²) in [4.78, 5) is 40.4. The van der Waals surface area contributed by atoms with Crippen molar-refractivity contribution < 1.29 is 14.4 Å². The van der Waals surface area contributed by atoms with Gasteiger partial charge in [0.2, 0.25) is 0 Å². The molecule has 1 aliphatic heterocycles. The van der Waals surface area contributed by atoms with Crippen LogP contribution in [0, 0.1) is 6.92 Å². The van der Waals surface area contributed by atoms with Crippen molar-refractivity contribution in [1.29, 1.82) is 0 Å². The van der Waals surface area contributed by atoms with E-state index in [1.165, 1.54) is 0 Å². The van der Waals surface area contributed by atoms with Gasteiger partial charge in [0, 0.05) is 18.8 Å². The van der Waals surface area contributed by atoms with Crippen molar-refractivity contribution in [2.75, 3.05) is 23.3 Å². The van der Waals surface area contributed by atoms with Gasteiger partial charge in [-0.25, -0.2) is 9.69 Å². The Labute approximate surface area is 152 Å². The average molecular weight is 351 g/mol. The number of rotatable bonds is 4. The normalized spacial score (nSPS) is 13.0. The molecule has 1 heterocycles. The number of urea groups is 1. The lowest BCUT2D eigenvalue weighted by atomic mass is 10.1. The predicted molar refractivity (Wildman–Crippen MR) is 101 cm³/mol. The molecule has 0 unspecified atom stereocenters. The SMILES string of the molecule is CCN(CC)C(=O)Nc1cc(N2C(=O)c3ccccc3C2=O)ccc1C. The summed E-state index contributed by atoms with van der Waals surface area (Å²) >= 11 is 0. The Bertz CT molecular complexity index is 853. The van der Waals surface area contributed by atoms with Crippen LogP contribution >= 0.6 is 0 Å². The first kappa shape index (κ1) is 17.7. The molecule has 2 aromatic rings. The highest BCUT2D eigenvalue weighted by Crippen LogP contribution is 2.31. The molecule has 134 valence electrons. The molecular formula is C20H21N3O3. The summed E-state index contributed by atoms with van der Waals surface area (Å²) in [6.45, 7) is 6.87. The van der Waals surface area contributed by atoms with Gasteiger partial charge >= 0.3 is 6.03 Å². The number of hydrogen-bond donors (Lipinski definition) is 1. The van der Waals surface area contributed by atoms with Crippen molar-refractivity contribution in [3.05, 3.63) is 59.2 Å². The Morgan fingerprint density at radius 3 is 2.12 bits per heavy atom. The zero-order chi connectivity index (χ0) is 18.8. The van der Waals surface area contributed by atoms with Crippen molar-refractivity contribution in [2.45, 2.75) is 20.8 Å². The van der Waals surface area contributed by atoms with Crippen molar-refractivity contribution in [3.63, 3.8) is 0 Å². The molecule has 0 radical (unpaired) electrons. The Morgan fingerprint density at radius 1 is 1.00 bits per heavy atom. The molecule has 1 N–H and O–H groups in total. The number of amides is 4. The van der Waals surface area contributed by atoms with Gasteiger partial charge in [0.25, 0.3) is 11.8 Å². The van der Waals surface area contributed by atoms with Crippen LogP contribution in [0.2, 0.25) is 0 Å². The van der Waals surface area contributed by atoms with Crippen LogP contribution in [0.3, 0.4) is 0 Å². The van der Waals surface area contributed by atoms with E-state index in [1.807, 2.05) is 20.8 Å². The summed E-state index contributed by atoms with van der Waals surface area (Å²) in [5.74, 6) is -0.703. The summed E-state index contributed by atoms with van der Waals surface area (Å²) in [6.07, 6.45) is 0. The first-order chi connectivity index (χ1) is 12.5. The molecule has 6 heteroatoms. The molecule has 0 bridgehead atoms. The minimum Gasteiger partial charge on any atom is -0.325 e. The minimum atomic E-state index is -0.351. The van der Waals surface area contributed by atoms with Gasteiger partial charge in [-0.2, -0.15) is 0 Å². The Morgan fingerprint density at radius 2 is 1.58 bits per heavy atom. The number of aryl methyl sites for hydroxylation is 1. The maximum Gasteiger partial charge on any atom is 0.321 e. The lowest BCUT2D eigenvalue weighted by Gasteiger charge is -2.21. The van der Waals surface area contributed by atoms with Gasteiger partial charge in [-0.05, 0) is 50.6 Å². The van der Waals surface area contributed by atoms with Gasteiger partial charge in [-0.1, -0.05) is 18.2 Å². The first-order valence-electron chi connectivity index (χ1n) is 8.62. The third kappa shape index (κ3) is 2.94. The highest BCUT2D eigenvalue weighted by atomic mass is 16.2. The maximum atomic E-state index is 12.6. The van der Waals surface area contributed by atoms with E-state index in [1.54, 1.807) is 47.4 Å². The molecule has 0 aromatic heterocycles. The third-order valence-electron chi connectivity index (χ3n) is 4.57. The Kier molecular flexibility index (Phi) is 4.75. The minimum absolute atomic E-state index is 0.211. The Hall–Kier alpha value is -3.15. The van der Waals surface area contributed by atoms with Crippen LogP contribution in [0.5, 0.6) is 0 Å². The summed E-state index contributed by atoms with van der Waals surface area (Å²) in [6, 6.07) is 11.7. The van der Waals surface area contributed by atoms with Gasteiger partial charge in [0.1, 0.15) is 0 Å². The lowest BCUT2D eigenvalue weighted by Crippen LogP contribution is -2.35. The maximum absolute atomic E-state index is 12.6. The molecule has 0 atom stereocenters.